The third-order valence-corrected chi connectivity index (χ3v) is 5.11. The molecule has 142 valence electrons. The van der Waals surface area contributed by atoms with E-state index in [0.29, 0.717) is 10.8 Å². The van der Waals surface area contributed by atoms with Crippen LogP contribution in [0.15, 0.2) is 83.8 Å². The van der Waals surface area contributed by atoms with Gasteiger partial charge in [-0.2, -0.15) is 0 Å². The molecule has 0 unspecified atom stereocenters. The minimum absolute atomic E-state index is 0.0588. The lowest BCUT2D eigenvalue weighted by atomic mass is 10.1. The van der Waals surface area contributed by atoms with E-state index < -0.39 is 0 Å². The van der Waals surface area contributed by atoms with Gasteiger partial charge in [0, 0.05) is 21.3 Å². The lowest BCUT2D eigenvalue weighted by Gasteiger charge is -2.07. The zero-order valence-corrected chi connectivity index (χ0v) is 16.6. The summed E-state index contributed by atoms with van der Waals surface area (Å²) >= 11 is 7.29. The molecule has 0 heterocycles. The van der Waals surface area contributed by atoms with Gasteiger partial charge in [-0.25, -0.2) is 0 Å². The number of halogens is 1. The molecule has 0 aliphatic carbocycles. The zero-order chi connectivity index (χ0) is 19.8. The molecule has 6 heteroatoms. The van der Waals surface area contributed by atoms with Crippen molar-refractivity contribution in [3.63, 3.8) is 0 Å². The molecule has 3 aromatic carbocycles. The van der Waals surface area contributed by atoms with Crippen LogP contribution >= 0.6 is 23.4 Å². The van der Waals surface area contributed by atoms with Crippen molar-refractivity contribution in [2.75, 3.05) is 16.4 Å². The van der Waals surface area contributed by atoms with Gasteiger partial charge < -0.3 is 10.6 Å². The van der Waals surface area contributed by atoms with E-state index in [0.717, 1.165) is 21.8 Å². The molecule has 0 spiro atoms. The summed E-state index contributed by atoms with van der Waals surface area (Å²) in [7, 11) is 0. The van der Waals surface area contributed by atoms with Crippen LogP contribution in [0.2, 0.25) is 5.02 Å². The highest BCUT2D eigenvalue weighted by atomic mass is 35.5. The molecule has 0 bridgehead atoms. The predicted octanol–water partition coefficient (Wildman–Crippen LogP) is 5.25. The molecule has 0 fully saturated rings. The van der Waals surface area contributed by atoms with Crippen LogP contribution in [-0.2, 0) is 16.0 Å². The minimum Gasteiger partial charge on any atom is -0.326 e. The predicted molar refractivity (Wildman–Crippen MR) is 116 cm³/mol. The fraction of sp³-hybridized carbons (Fsp3) is 0.0909. The molecule has 3 rings (SSSR count). The lowest BCUT2D eigenvalue weighted by Crippen LogP contribution is -2.14. The molecule has 0 radical (unpaired) electrons. The minimum atomic E-state index is -0.0926. The smallest absolute Gasteiger partial charge is 0.234 e. The number of hydrogen-bond acceptors (Lipinski definition) is 3. The molecule has 4 nitrogen and oxygen atoms in total. The molecule has 0 atom stereocenters. The average Bonchev–Trinajstić information content (AvgIpc) is 2.70. The van der Waals surface area contributed by atoms with Crippen LogP contribution in [0.4, 0.5) is 11.4 Å². The van der Waals surface area contributed by atoms with Gasteiger partial charge in [0.15, 0.2) is 0 Å². The number of hydrogen-bond donors (Lipinski definition) is 2. The summed E-state index contributed by atoms with van der Waals surface area (Å²) in [5.74, 6) is 0.165. The lowest BCUT2D eigenvalue weighted by molar-refractivity contribution is -0.115. The SMILES string of the molecule is O=C(CSc1ccc(NC(=O)Cc2ccc(Cl)cc2)cc1)Nc1ccccc1. The van der Waals surface area contributed by atoms with E-state index in [1.54, 1.807) is 12.1 Å². The van der Waals surface area contributed by atoms with Crippen molar-refractivity contribution in [1.82, 2.24) is 0 Å². The monoisotopic (exact) mass is 410 g/mol. The maximum absolute atomic E-state index is 12.1. The number of para-hydroxylation sites is 1. The van der Waals surface area contributed by atoms with Crippen LogP contribution in [0.25, 0.3) is 0 Å². The van der Waals surface area contributed by atoms with Gasteiger partial charge in [0.2, 0.25) is 11.8 Å². The first-order valence-corrected chi connectivity index (χ1v) is 10.1. The van der Waals surface area contributed by atoms with E-state index in [-0.39, 0.29) is 18.2 Å². The fourth-order valence-corrected chi connectivity index (χ4v) is 3.32. The number of carbonyl (C=O) groups excluding carboxylic acids is 2. The molecule has 2 N–H and O–H groups in total. The quantitative estimate of drug-likeness (QED) is 0.523. The average molecular weight is 411 g/mol. The third kappa shape index (κ3) is 6.44. The Bertz CT molecular complexity index is 929. The summed E-state index contributed by atoms with van der Waals surface area (Å²) in [5.41, 5.74) is 2.41. The Balaban J connectivity index is 1.45. The summed E-state index contributed by atoms with van der Waals surface area (Å²) in [5, 5.41) is 6.37. The highest BCUT2D eigenvalue weighted by Crippen LogP contribution is 2.21. The number of carbonyl (C=O) groups is 2. The standard InChI is InChI=1S/C22H19ClN2O2S/c23-17-8-6-16(7-9-17)14-21(26)24-19-10-12-20(13-11-19)28-15-22(27)25-18-4-2-1-3-5-18/h1-13H,14-15H2,(H,24,26)(H,25,27). The zero-order valence-electron chi connectivity index (χ0n) is 15.0. The first-order valence-electron chi connectivity index (χ1n) is 8.70. The van der Waals surface area contributed by atoms with Gasteiger partial charge in [0.1, 0.15) is 0 Å². The highest BCUT2D eigenvalue weighted by molar-refractivity contribution is 8.00. The van der Waals surface area contributed by atoms with E-state index in [1.807, 2.05) is 66.7 Å². The van der Waals surface area contributed by atoms with Crippen molar-refractivity contribution in [3.05, 3.63) is 89.4 Å². The number of rotatable bonds is 7. The Hall–Kier alpha value is -2.76. The second-order valence-electron chi connectivity index (χ2n) is 6.08. The van der Waals surface area contributed by atoms with Crippen molar-refractivity contribution < 1.29 is 9.59 Å². The molecule has 3 aromatic rings. The number of thioether (sulfide) groups is 1. The number of nitrogens with one attached hydrogen (secondary N) is 2. The van der Waals surface area contributed by atoms with Gasteiger partial charge in [-0.15, -0.1) is 11.8 Å². The molecular formula is C22H19ClN2O2S. The van der Waals surface area contributed by atoms with Crippen molar-refractivity contribution in [2.45, 2.75) is 11.3 Å². The van der Waals surface area contributed by atoms with Crippen molar-refractivity contribution >= 4 is 46.6 Å². The molecule has 2 amide bonds. The second kappa shape index (κ2) is 9.97. The Morgan fingerprint density at radius 3 is 2.04 bits per heavy atom. The molecule has 0 aliphatic rings. The van der Waals surface area contributed by atoms with E-state index in [2.05, 4.69) is 10.6 Å². The maximum atomic E-state index is 12.1. The molecule has 0 saturated carbocycles. The van der Waals surface area contributed by atoms with Gasteiger partial charge in [-0.1, -0.05) is 41.9 Å². The largest absolute Gasteiger partial charge is 0.326 e. The van der Waals surface area contributed by atoms with E-state index in [4.69, 9.17) is 11.6 Å². The van der Waals surface area contributed by atoms with Gasteiger partial charge in [-0.05, 0) is 54.1 Å². The molecule has 0 saturated heterocycles. The number of anilines is 2. The third-order valence-electron chi connectivity index (χ3n) is 3.84. The maximum Gasteiger partial charge on any atom is 0.234 e. The van der Waals surface area contributed by atoms with E-state index >= 15 is 0 Å². The molecular weight excluding hydrogens is 392 g/mol. The summed E-state index contributed by atoms with van der Waals surface area (Å²) in [6.45, 7) is 0. The highest BCUT2D eigenvalue weighted by Gasteiger charge is 2.06. The Labute approximate surface area is 173 Å². The second-order valence-corrected chi connectivity index (χ2v) is 7.56. The fourth-order valence-electron chi connectivity index (χ4n) is 2.49. The molecule has 28 heavy (non-hydrogen) atoms. The Morgan fingerprint density at radius 1 is 0.750 bits per heavy atom. The van der Waals surface area contributed by atoms with Crippen LogP contribution in [-0.4, -0.2) is 17.6 Å². The normalized spacial score (nSPS) is 10.3. The molecule has 0 aliphatic heterocycles. The van der Waals surface area contributed by atoms with Gasteiger partial charge in [-0.3, -0.25) is 9.59 Å². The van der Waals surface area contributed by atoms with Crippen LogP contribution < -0.4 is 10.6 Å². The van der Waals surface area contributed by atoms with Crippen LogP contribution in [0.3, 0.4) is 0 Å². The van der Waals surface area contributed by atoms with E-state index in [9.17, 15) is 9.59 Å². The number of benzene rings is 3. The van der Waals surface area contributed by atoms with Crippen molar-refractivity contribution in [3.8, 4) is 0 Å². The van der Waals surface area contributed by atoms with Gasteiger partial charge in [0.05, 0.1) is 12.2 Å². The first-order chi connectivity index (χ1) is 13.6. The summed E-state index contributed by atoms with van der Waals surface area (Å²) in [6, 6.07) is 24.0. The number of amides is 2. The molecule has 0 aromatic heterocycles. The van der Waals surface area contributed by atoms with Gasteiger partial charge >= 0.3 is 0 Å². The van der Waals surface area contributed by atoms with E-state index in [1.165, 1.54) is 11.8 Å². The van der Waals surface area contributed by atoms with Crippen molar-refractivity contribution in [1.29, 1.82) is 0 Å². The van der Waals surface area contributed by atoms with Crippen molar-refractivity contribution in [2.24, 2.45) is 0 Å². The summed E-state index contributed by atoms with van der Waals surface area (Å²) in [6.07, 6.45) is 0.285. The Kier molecular flexibility index (Phi) is 7.12. The van der Waals surface area contributed by atoms with Crippen LogP contribution in [0, 0.1) is 0 Å². The topological polar surface area (TPSA) is 58.2 Å². The summed E-state index contributed by atoms with van der Waals surface area (Å²) in [4.78, 5) is 25.1. The Morgan fingerprint density at radius 2 is 1.36 bits per heavy atom. The van der Waals surface area contributed by atoms with Crippen LogP contribution in [0.5, 0.6) is 0 Å². The van der Waals surface area contributed by atoms with Gasteiger partial charge in [0.25, 0.3) is 0 Å². The van der Waals surface area contributed by atoms with Crippen LogP contribution in [0.1, 0.15) is 5.56 Å². The summed E-state index contributed by atoms with van der Waals surface area (Å²) < 4.78 is 0. The first kappa shape index (κ1) is 20.0.